The van der Waals surface area contributed by atoms with Crippen molar-refractivity contribution in [1.82, 2.24) is 25.1 Å². The minimum Gasteiger partial charge on any atom is -0.368 e. The number of fused-ring (bicyclic) bond motifs is 1. The van der Waals surface area contributed by atoms with Gasteiger partial charge in [0.15, 0.2) is 5.65 Å². The Morgan fingerprint density at radius 2 is 2.10 bits per heavy atom. The Kier molecular flexibility index (Phi) is 4.19. The van der Waals surface area contributed by atoms with Crippen LogP contribution in [0.3, 0.4) is 0 Å². The predicted molar refractivity (Wildman–Crippen MR) is 84.6 cm³/mol. The molecular formula is C14H23N7. The van der Waals surface area contributed by atoms with Crippen molar-refractivity contribution in [2.75, 3.05) is 36.8 Å². The lowest BCUT2D eigenvalue weighted by atomic mass is 10.3. The molecule has 21 heavy (non-hydrogen) atoms. The summed E-state index contributed by atoms with van der Waals surface area (Å²) in [6.07, 6.45) is 4.40. The molecule has 3 N–H and O–H groups in total. The Hall–Kier alpha value is -1.89. The second kappa shape index (κ2) is 6.26. The fourth-order valence-corrected chi connectivity index (χ4v) is 2.76. The molecule has 3 rings (SSSR count). The van der Waals surface area contributed by atoms with E-state index >= 15 is 0 Å². The third-order valence-electron chi connectivity index (χ3n) is 3.97. The minimum atomic E-state index is 0.506. The van der Waals surface area contributed by atoms with Gasteiger partial charge in [-0.2, -0.15) is 15.1 Å². The molecule has 7 nitrogen and oxygen atoms in total. The highest BCUT2D eigenvalue weighted by molar-refractivity contribution is 5.86. The maximum absolute atomic E-state index is 4.55. The van der Waals surface area contributed by atoms with Gasteiger partial charge in [0.1, 0.15) is 5.82 Å². The van der Waals surface area contributed by atoms with Crippen molar-refractivity contribution in [2.45, 2.75) is 32.7 Å². The van der Waals surface area contributed by atoms with Crippen molar-refractivity contribution in [3.63, 3.8) is 0 Å². The Bertz CT molecular complexity index is 588. The van der Waals surface area contributed by atoms with Gasteiger partial charge in [-0.1, -0.05) is 0 Å². The summed E-state index contributed by atoms with van der Waals surface area (Å²) in [7, 11) is 0. The van der Waals surface area contributed by atoms with E-state index in [4.69, 9.17) is 0 Å². The van der Waals surface area contributed by atoms with Crippen LogP contribution >= 0.6 is 0 Å². The molecule has 0 saturated carbocycles. The van der Waals surface area contributed by atoms with Gasteiger partial charge in [0.25, 0.3) is 0 Å². The molecule has 1 atom stereocenters. The van der Waals surface area contributed by atoms with Gasteiger partial charge in [-0.15, -0.1) is 0 Å². The molecule has 1 aliphatic rings. The largest absolute Gasteiger partial charge is 0.368 e. The number of nitrogens with one attached hydrogen (secondary N) is 3. The summed E-state index contributed by atoms with van der Waals surface area (Å²) in [5.41, 5.74) is 0.761. The van der Waals surface area contributed by atoms with Crippen molar-refractivity contribution in [2.24, 2.45) is 0 Å². The van der Waals surface area contributed by atoms with Crippen LogP contribution in [-0.2, 0) is 0 Å². The first-order valence-corrected chi connectivity index (χ1v) is 7.71. The van der Waals surface area contributed by atoms with Gasteiger partial charge in [0.2, 0.25) is 5.95 Å². The normalized spacial score (nSPS) is 17.2. The third-order valence-corrected chi connectivity index (χ3v) is 3.97. The van der Waals surface area contributed by atoms with Crippen LogP contribution in [0.2, 0.25) is 0 Å². The molecule has 0 radical (unpaired) electrons. The summed E-state index contributed by atoms with van der Waals surface area (Å²) in [5, 5.41) is 14.5. The van der Waals surface area contributed by atoms with Gasteiger partial charge >= 0.3 is 0 Å². The molecule has 1 unspecified atom stereocenters. The summed E-state index contributed by atoms with van der Waals surface area (Å²) < 4.78 is 0. The van der Waals surface area contributed by atoms with Crippen LogP contribution in [-0.4, -0.2) is 57.3 Å². The highest BCUT2D eigenvalue weighted by Crippen LogP contribution is 2.20. The van der Waals surface area contributed by atoms with E-state index in [0.717, 1.165) is 29.9 Å². The SMILES string of the molecule is CCNc1nc(NCC(C)N2CCCC2)c2cn[nH]c2n1. The molecule has 0 spiro atoms. The number of hydrogen-bond acceptors (Lipinski definition) is 6. The monoisotopic (exact) mass is 289 g/mol. The quantitative estimate of drug-likeness (QED) is 0.750. The first-order chi connectivity index (χ1) is 10.3. The number of nitrogens with zero attached hydrogens (tertiary/aromatic N) is 4. The number of H-pyrrole nitrogens is 1. The predicted octanol–water partition coefficient (Wildman–Crippen LogP) is 1.68. The Labute approximate surface area is 124 Å². The fraction of sp³-hybridized carbons (Fsp3) is 0.643. The van der Waals surface area contributed by atoms with Crippen LogP contribution < -0.4 is 10.6 Å². The van der Waals surface area contributed by atoms with E-state index in [2.05, 4.69) is 42.6 Å². The average molecular weight is 289 g/mol. The Balaban J connectivity index is 1.74. The molecule has 7 heteroatoms. The first-order valence-electron chi connectivity index (χ1n) is 7.71. The molecule has 2 aromatic heterocycles. The van der Waals surface area contributed by atoms with E-state index < -0.39 is 0 Å². The number of aromatic nitrogens is 4. The van der Waals surface area contributed by atoms with Crippen molar-refractivity contribution in [3.8, 4) is 0 Å². The van der Waals surface area contributed by atoms with E-state index in [1.165, 1.54) is 25.9 Å². The number of likely N-dealkylation sites (tertiary alicyclic amines) is 1. The van der Waals surface area contributed by atoms with Crippen LogP contribution in [0.5, 0.6) is 0 Å². The lowest BCUT2D eigenvalue weighted by Crippen LogP contribution is -2.35. The van der Waals surface area contributed by atoms with Crippen molar-refractivity contribution in [1.29, 1.82) is 0 Å². The van der Waals surface area contributed by atoms with Gasteiger partial charge in [0, 0.05) is 19.1 Å². The van der Waals surface area contributed by atoms with Crippen LogP contribution in [0.15, 0.2) is 6.20 Å². The van der Waals surface area contributed by atoms with Gasteiger partial charge in [0.05, 0.1) is 11.6 Å². The van der Waals surface area contributed by atoms with E-state index in [1.54, 1.807) is 6.20 Å². The van der Waals surface area contributed by atoms with Crippen molar-refractivity contribution in [3.05, 3.63) is 6.20 Å². The zero-order chi connectivity index (χ0) is 14.7. The zero-order valence-corrected chi connectivity index (χ0v) is 12.7. The van der Waals surface area contributed by atoms with E-state index in [0.29, 0.717) is 12.0 Å². The number of hydrogen-bond donors (Lipinski definition) is 3. The Morgan fingerprint density at radius 1 is 1.29 bits per heavy atom. The second-order valence-corrected chi connectivity index (χ2v) is 5.53. The molecule has 1 saturated heterocycles. The molecule has 0 aliphatic carbocycles. The molecule has 0 bridgehead atoms. The van der Waals surface area contributed by atoms with E-state index in [1.807, 2.05) is 6.92 Å². The highest BCUT2D eigenvalue weighted by Gasteiger charge is 2.18. The lowest BCUT2D eigenvalue weighted by Gasteiger charge is -2.24. The molecular weight excluding hydrogens is 266 g/mol. The average Bonchev–Trinajstić information content (AvgIpc) is 3.15. The summed E-state index contributed by atoms with van der Waals surface area (Å²) in [5.74, 6) is 1.47. The summed E-state index contributed by atoms with van der Waals surface area (Å²) in [4.78, 5) is 11.5. The minimum absolute atomic E-state index is 0.506. The van der Waals surface area contributed by atoms with E-state index in [-0.39, 0.29) is 0 Å². The van der Waals surface area contributed by atoms with Crippen molar-refractivity contribution < 1.29 is 0 Å². The van der Waals surface area contributed by atoms with Crippen molar-refractivity contribution >= 4 is 22.8 Å². The number of anilines is 2. The van der Waals surface area contributed by atoms with Crippen LogP contribution in [0.1, 0.15) is 26.7 Å². The first kappa shape index (κ1) is 14.1. The molecule has 1 fully saturated rings. The summed E-state index contributed by atoms with van der Waals surface area (Å²) >= 11 is 0. The fourth-order valence-electron chi connectivity index (χ4n) is 2.76. The lowest BCUT2D eigenvalue weighted by molar-refractivity contribution is 0.269. The molecule has 1 aliphatic heterocycles. The van der Waals surface area contributed by atoms with Gasteiger partial charge in [-0.05, 0) is 39.8 Å². The van der Waals surface area contributed by atoms with Gasteiger partial charge in [-0.25, -0.2) is 0 Å². The molecule has 2 aromatic rings. The standard InChI is InChI=1S/C14H23N7/c1-3-15-14-18-12(11-9-17-20-13(11)19-14)16-8-10(2)21-6-4-5-7-21/h9-10H,3-8H2,1-2H3,(H3,15,16,17,18,19,20). The Morgan fingerprint density at radius 3 is 2.86 bits per heavy atom. The van der Waals surface area contributed by atoms with Crippen LogP contribution in [0, 0.1) is 0 Å². The van der Waals surface area contributed by atoms with Crippen LogP contribution in [0.4, 0.5) is 11.8 Å². The maximum atomic E-state index is 4.55. The third kappa shape index (κ3) is 3.07. The van der Waals surface area contributed by atoms with Crippen LogP contribution in [0.25, 0.3) is 11.0 Å². The van der Waals surface area contributed by atoms with Gasteiger partial charge in [-0.3, -0.25) is 10.00 Å². The van der Waals surface area contributed by atoms with E-state index in [9.17, 15) is 0 Å². The topological polar surface area (TPSA) is 81.8 Å². The second-order valence-electron chi connectivity index (χ2n) is 5.53. The zero-order valence-electron chi connectivity index (χ0n) is 12.7. The summed E-state index contributed by atoms with van der Waals surface area (Å²) in [6.45, 7) is 8.37. The number of aromatic amines is 1. The van der Waals surface area contributed by atoms with Gasteiger partial charge < -0.3 is 10.6 Å². The highest BCUT2D eigenvalue weighted by atomic mass is 15.2. The molecule has 0 amide bonds. The molecule has 3 heterocycles. The smallest absolute Gasteiger partial charge is 0.226 e. The maximum Gasteiger partial charge on any atom is 0.226 e. The molecule has 114 valence electrons. The number of rotatable bonds is 6. The summed E-state index contributed by atoms with van der Waals surface area (Å²) in [6, 6.07) is 0.506. The molecule has 0 aromatic carbocycles.